The minimum atomic E-state index is -0.954. The molecule has 0 saturated carbocycles. The fraction of sp³-hybridized carbons (Fsp3) is 0.375. The van der Waals surface area contributed by atoms with Crippen LogP contribution in [0.5, 0.6) is 11.5 Å². The van der Waals surface area contributed by atoms with Gasteiger partial charge in [0.1, 0.15) is 11.5 Å². The van der Waals surface area contributed by atoms with E-state index >= 15 is 0 Å². The van der Waals surface area contributed by atoms with Crippen molar-refractivity contribution in [1.82, 2.24) is 5.32 Å². The summed E-state index contributed by atoms with van der Waals surface area (Å²) in [5.41, 5.74) is 1.72. The summed E-state index contributed by atoms with van der Waals surface area (Å²) in [4.78, 5) is 38.2. The van der Waals surface area contributed by atoms with E-state index in [9.17, 15) is 14.4 Å². The molecule has 8 heteroatoms. The number of hydrogen-bond acceptors (Lipinski definition) is 6. The predicted octanol–water partition coefficient (Wildman–Crippen LogP) is 2.76. The van der Waals surface area contributed by atoms with Crippen LogP contribution in [0.4, 0.5) is 5.69 Å². The standard InChI is InChI=1S/C24H26N2O6/c1-16(24(29)25-20-12-14-30-21-6-3-2-5-19(20)21)32-23(28)15-31-18-10-8-17(9-11-18)26-13-4-7-22(26)27/h2-3,5-6,8-11,16,20H,4,7,12-15H2,1H3,(H,25,29). The van der Waals surface area contributed by atoms with Crippen LogP contribution in [0.15, 0.2) is 48.5 Å². The minimum absolute atomic E-state index is 0.110. The summed E-state index contributed by atoms with van der Waals surface area (Å²) < 4.78 is 16.3. The molecule has 2 heterocycles. The molecule has 2 aromatic rings. The number of amides is 2. The number of carbonyl (C=O) groups is 3. The molecule has 1 saturated heterocycles. The fourth-order valence-corrected chi connectivity index (χ4v) is 3.85. The van der Waals surface area contributed by atoms with Gasteiger partial charge in [0.05, 0.1) is 12.6 Å². The maximum Gasteiger partial charge on any atom is 0.344 e. The zero-order valence-electron chi connectivity index (χ0n) is 17.9. The lowest BCUT2D eigenvalue weighted by Crippen LogP contribution is -2.40. The summed E-state index contributed by atoms with van der Waals surface area (Å²) in [6.45, 7) is 2.43. The second kappa shape index (κ2) is 9.72. The molecule has 2 atom stereocenters. The molecule has 0 aromatic heterocycles. The van der Waals surface area contributed by atoms with Gasteiger partial charge in [0.2, 0.25) is 5.91 Å². The van der Waals surface area contributed by atoms with Crippen molar-refractivity contribution in [2.45, 2.75) is 38.3 Å². The van der Waals surface area contributed by atoms with Gasteiger partial charge in [-0.05, 0) is 43.7 Å². The van der Waals surface area contributed by atoms with Crippen molar-refractivity contribution in [3.8, 4) is 11.5 Å². The molecular weight excluding hydrogens is 412 g/mol. The quantitative estimate of drug-likeness (QED) is 0.668. The number of ether oxygens (including phenoxy) is 3. The molecule has 0 bridgehead atoms. The van der Waals surface area contributed by atoms with E-state index < -0.39 is 12.1 Å². The van der Waals surface area contributed by atoms with E-state index in [4.69, 9.17) is 14.2 Å². The van der Waals surface area contributed by atoms with Crippen molar-refractivity contribution in [3.63, 3.8) is 0 Å². The van der Waals surface area contributed by atoms with Crippen molar-refractivity contribution in [1.29, 1.82) is 0 Å². The van der Waals surface area contributed by atoms with Gasteiger partial charge in [0, 0.05) is 30.6 Å². The summed E-state index contributed by atoms with van der Waals surface area (Å²) in [6, 6.07) is 14.3. The van der Waals surface area contributed by atoms with Crippen LogP contribution in [0.1, 0.15) is 37.8 Å². The number of hydrogen-bond donors (Lipinski definition) is 1. The van der Waals surface area contributed by atoms with Crippen LogP contribution in [-0.2, 0) is 19.1 Å². The van der Waals surface area contributed by atoms with Gasteiger partial charge in [-0.25, -0.2) is 4.79 Å². The third-order valence-electron chi connectivity index (χ3n) is 5.53. The number of benzene rings is 2. The van der Waals surface area contributed by atoms with Crippen LogP contribution in [-0.4, -0.2) is 43.6 Å². The highest BCUT2D eigenvalue weighted by atomic mass is 16.6. The number of nitrogens with one attached hydrogen (secondary N) is 1. The predicted molar refractivity (Wildman–Crippen MR) is 117 cm³/mol. The topological polar surface area (TPSA) is 94.2 Å². The first-order chi connectivity index (χ1) is 15.5. The number of fused-ring (bicyclic) bond motifs is 1. The lowest BCUT2D eigenvalue weighted by atomic mass is 10.0. The molecule has 2 amide bonds. The van der Waals surface area contributed by atoms with E-state index in [0.717, 1.165) is 23.4 Å². The van der Waals surface area contributed by atoms with Gasteiger partial charge in [-0.2, -0.15) is 0 Å². The average Bonchev–Trinajstić information content (AvgIpc) is 3.24. The van der Waals surface area contributed by atoms with Crippen LogP contribution in [0.3, 0.4) is 0 Å². The van der Waals surface area contributed by atoms with E-state index in [1.807, 2.05) is 24.3 Å². The van der Waals surface area contributed by atoms with E-state index in [1.165, 1.54) is 6.92 Å². The van der Waals surface area contributed by atoms with Gasteiger partial charge < -0.3 is 24.4 Å². The van der Waals surface area contributed by atoms with Crippen molar-refractivity contribution in [3.05, 3.63) is 54.1 Å². The first-order valence-corrected chi connectivity index (χ1v) is 10.8. The van der Waals surface area contributed by atoms with Gasteiger partial charge in [-0.15, -0.1) is 0 Å². The minimum Gasteiger partial charge on any atom is -0.493 e. The number of nitrogens with zero attached hydrogens (tertiary/aromatic N) is 1. The molecule has 2 aromatic carbocycles. The van der Waals surface area contributed by atoms with E-state index in [2.05, 4.69) is 5.32 Å². The molecule has 32 heavy (non-hydrogen) atoms. The summed E-state index contributed by atoms with van der Waals surface area (Å²) in [5.74, 6) is 0.327. The largest absolute Gasteiger partial charge is 0.493 e. The number of rotatable bonds is 7. The van der Waals surface area contributed by atoms with Crippen LogP contribution in [0, 0.1) is 0 Å². The number of esters is 1. The monoisotopic (exact) mass is 438 g/mol. The zero-order chi connectivity index (χ0) is 22.5. The molecule has 8 nitrogen and oxygen atoms in total. The molecule has 2 aliphatic heterocycles. The van der Waals surface area contributed by atoms with Crippen LogP contribution >= 0.6 is 0 Å². The Labute approximate surface area is 186 Å². The Kier molecular flexibility index (Phi) is 6.58. The first kappa shape index (κ1) is 21.7. The molecule has 1 N–H and O–H groups in total. The molecule has 4 rings (SSSR count). The molecule has 1 fully saturated rings. The fourth-order valence-electron chi connectivity index (χ4n) is 3.85. The maximum atomic E-state index is 12.5. The molecule has 2 unspecified atom stereocenters. The highest BCUT2D eigenvalue weighted by Gasteiger charge is 2.26. The van der Waals surface area contributed by atoms with Crippen LogP contribution in [0.2, 0.25) is 0 Å². The van der Waals surface area contributed by atoms with E-state index in [-0.39, 0.29) is 24.5 Å². The first-order valence-electron chi connectivity index (χ1n) is 10.8. The lowest BCUT2D eigenvalue weighted by molar-refractivity contribution is -0.157. The Morgan fingerprint density at radius 3 is 2.72 bits per heavy atom. The summed E-state index contributed by atoms with van der Waals surface area (Å²) in [5, 5.41) is 2.92. The third-order valence-corrected chi connectivity index (χ3v) is 5.53. The molecule has 0 spiro atoms. The normalized spacial score (nSPS) is 18.3. The van der Waals surface area contributed by atoms with Crippen molar-refractivity contribution in [2.75, 3.05) is 24.7 Å². The van der Waals surface area contributed by atoms with Crippen molar-refractivity contribution in [2.24, 2.45) is 0 Å². The number of para-hydroxylation sites is 1. The number of anilines is 1. The van der Waals surface area contributed by atoms with Gasteiger partial charge in [-0.3, -0.25) is 9.59 Å². The van der Waals surface area contributed by atoms with Gasteiger partial charge in [-0.1, -0.05) is 18.2 Å². The maximum absolute atomic E-state index is 12.5. The smallest absolute Gasteiger partial charge is 0.344 e. The number of carbonyl (C=O) groups excluding carboxylic acids is 3. The van der Waals surface area contributed by atoms with Crippen LogP contribution < -0.4 is 19.7 Å². The second-order valence-corrected chi connectivity index (χ2v) is 7.80. The Balaban J connectivity index is 1.24. The Bertz CT molecular complexity index is 990. The summed E-state index contributed by atoms with van der Waals surface area (Å²) in [6.07, 6.45) is 1.11. The van der Waals surface area contributed by atoms with Gasteiger partial charge >= 0.3 is 5.97 Å². The highest BCUT2D eigenvalue weighted by Crippen LogP contribution is 2.31. The third kappa shape index (κ3) is 5.01. The Hall–Kier alpha value is -3.55. The van der Waals surface area contributed by atoms with Crippen molar-refractivity contribution < 1.29 is 28.6 Å². The Morgan fingerprint density at radius 1 is 1.19 bits per heavy atom. The zero-order valence-corrected chi connectivity index (χ0v) is 17.9. The van der Waals surface area contributed by atoms with E-state index in [1.54, 1.807) is 29.2 Å². The second-order valence-electron chi connectivity index (χ2n) is 7.80. The molecule has 2 aliphatic rings. The van der Waals surface area contributed by atoms with Gasteiger partial charge in [0.25, 0.3) is 5.91 Å². The molecule has 0 aliphatic carbocycles. The summed E-state index contributed by atoms with van der Waals surface area (Å²) >= 11 is 0. The molecule has 168 valence electrons. The lowest BCUT2D eigenvalue weighted by Gasteiger charge is -2.27. The van der Waals surface area contributed by atoms with E-state index in [0.29, 0.717) is 31.7 Å². The van der Waals surface area contributed by atoms with Crippen molar-refractivity contribution >= 4 is 23.5 Å². The molecular formula is C24H26N2O6. The van der Waals surface area contributed by atoms with Crippen LogP contribution in [0.25, 0.3) is 0 Å². The SMILES string of the molecule is CC(OC(=O)COc1ccc(N2CCCC2=O)cc1)C(=O)NC1CCOc2ccccc21. The highest BCUT2D eigenvalue weighted by molar-refractivity contribution is 5.95. The summed E-state index contributed by atoms with van der Waals surface area (Å²) in [7, 11) is 0. The molecule has 0 radical (unpaired) electrons. The average molecular weight is 438 g/mol. The van der Waals surface area contributed by atoms with Gasteiger partial charge in [0.15, 0.2) is 12.7 Å². The Morgan fingerprint density at radius 2 is 1.97 bits per heavy atom.